The minimum Gasteiger partial charge on any atom is -0.311 e. The number of rotatable bonds is 3. The fourth-order valence-electron chi connectivity index (χ4n) is 3.88. The molecule has 0 aromatic carbocycles. The molecule has 0 aliphatic heterocycles. The second kappa shape index (κ2) is 3.88. The lowest BCUT2D eigenvalue weighted by Crippen LogP contribution is -2.29. The topological polar surface area (TPSA) is 29.9 Å². The molecule has 2 fully saturated rings. The SMILES string of the molecule is CNC(c1ccn(C)n1)C1CC2CCC1C2. The largest absolute Gasteiger partial charge is 0.311 e. The first-order valence-electron chi connectivity index (χ1n) is 6.44. The fourth-order valence-corrected chi connectivity index (χ4v) is 3.88. The third-order valence-electron chi connectivity index (χ3n) is 4.58. The van der Waals surface area contributed by atoms with Gasteiger partial charge in [0, 0.05) is 13.2 Å². The van der Waals surface area contributed by atoms with Crippen LogP contribution in [0.25, 0.3) is 0 Å². The van der Waals surface area contributed by atoms with E-state index in [1.54, 1.807) is 0 Å². The summed E-state index contributed by atoms with van der Waals surface area (Å²) in [6, 6.07) is 2.63. The second-order valence-electron chi connectivity index (χ2n) is 5.52. The molecule has 1 aromatic rings. The molecule has 1 aromatic heterocycles. The molecule has 0 saturated heterocycles. The van der Waals surface area contributed by atoms with E-state index < -0.39 is 0 Å². The van der Waals surface area contributed by atoms with Crippen LogP contribution in [0.15, 0.2) is 12.3 Å². The zero-order valence-corrected chi connectivity index (χ0v) is 10.2. The average Bonchev–Trinajstić information content (AvgIpc) is 2.96. The van der Waals surface area contributed by atoms with Gasteiger partial charge in [0.2, 0.25) is 0 Å². The zero-order chi connectivity index (χ0) is 11.1. The van der Waals surface area contributed by atoms with Gasteiger partial charge in [-0.25, -0.2) is 0 Å². The van der Waals surface area contributed by atoms with Crippen molar-refractivity contribution in [2.24, 2.45) is 24.8 Å². The summed E-state index contributed by atoms with van der Waals surface area (Å²) in [6.45, 7) is 0. The summed E-state index contributed by atoms with van der Waals surface area (Å²) in [4.78, 5) is 0. The van der Waals surface area contributed by atoms with E-state index in [1.807, 2.05) is 17.9 Å². The van der Waals surface area contributed by atoms with Crippen molar-refractivity contribution in [3.05, 3.63) is 18.0 Å². The minimum absolute atomic E-state index is 0.469. The van der Waals surface area contributed by atoms with E-state index in [9.17, 15) is 0 Å². The number of hydrogen-bond acceptors (Lipinski definition) is 2. The van der Waals surface area contributed by atoms with Crippen molar-refractivity contribution in [2.45, 2.75) is 31.7 Å². The van der Waals surface area contributed by atoms with Crippen LogP contribution >= 0.6 is 0 Å². The number of nitrogens with zero attached hydrogens (tertiary/aromatic N) is 2. The Morgan fingerprint density at radius 1 is 1.44 bits per heavy atom. The van der Waals surface area contributed by atoms with Gasteiger partial charge in [0.1, 0.15) is 0 Å². The van der Waals surface area contributed by atoms with Gasteiger partial charge in [-0.1, -0.05) is 6.42 Å². The molecule has 1 heterocycles. The predicted octanol–water partition coefficient (Wildman–Crippen LogP) is 2.12. The van der Waals surface area contributed by atoms with Crippen LogP contribution in [-0.2, 0) is 7.05 Å². The zero-order valence-electron chi connectivity index (χ0n) is 10.2. The molecule has 0 radical (unpaired) electrons. The Bertz CT molecular complexity index is 371. The van der Waals surface area contributed by atoms with Gasteiger partial charge in [-0.15, -0.1) is 0 Å². The van der Waals surface area contributed by atoms with E-state index in [0.717, 1.165) is 17.8 Å². The average molecular weight is 219 g/mol. The molecule has 2 bridgehead atoms. The molecule has 3 heteroatoms. The molecule has 16 heavy (non-hydrogen) atoms. The van der Waals surface area contributed by atoms with Gasteiger partial charge >= 0.3 is 0 Å². The third-order valence-corrected chi connectivity index (χ3v) is 4.58. The first-order chi connectivity index (χ1) is 7.78. The van der Waals surface area contributed by atoms with E-state index in [4.69, 9.17) is 0 Å². The summed E-state index contributed by atoms with van der Waals surface area (Å²) in [5.74, 6) is 2.78. The first kappa shape index (κ1) is 10.3. The smallest absolute Gasteiger partial charge is 0.0796 e. The number of aromatic nitrogens is 2. The van der Waals surface area contributed by atoms with Gasteiger partial charge in [-0.2, -0.15) is 5.10 Å². The van der Waals surface area contributed by atoms with E-state index >= 15 is 0 Å². The van der Waals surface area contributed by atoms with Gasteiger partial charge in [0.05, 0.1) is 11.7 Å². The van der Waals surface area contributed by atoms with E-state index in [-0.39, 0.29) is 0 Å². The van der Waals surface area contributed by atoms with Crippen molar-refractivity contribution in [1.29, 1.82) is 0 Å². The highest BCUT2D eigenvalue weighted by Crippen LogP contribution is 2.52. The Balaban J connectivity index is 1.81. The third kappa shape index (κ3) is 1.58. The summed E-state index contributed by atoms with van der Waals surface area (Å²) in [6.07, 6.45) is 7.84. The first-order valence-corrected chi connectivity index (χ1v) is 6.44. The maximum atomic E-state index is 4.56. The summed E-state index contributed by atoms with van der Waals surface area (Å²) in [7, 11) is 4.07. The van der Waals surface area contributed by atoms with Crippen LogP contribution in [0.5, 0.6) is 0 Å². The highest BCUT2D eigenvalue weighted by Gasteiger charge is 2.43. The Morgan fingerprint density at radius 3 is 2.81 bits per heavy atom. The molecular formula is C13H21N3. The number of nitrogens with one attached hydrogen (secondary N) is 1. The summed E-state index contributed by atoms with van der Waals surface area (Å²) in [5.41, 5.74) is 1.22. The number of fused-ring (bicyclic) bond motifs is 2. The minimum atomic E-state index is 0.469. The van der Waals surface area contributed by atoms with E-state index in [0.29, 0.717) is 6.04 Å². The van der Waals surface area contributed by atoms with Crippen molar-refractivity contribution in [2.75, 3.05) is 7.05 Å². The maximum absolute atomic E-state index is 4.56. The fraction of sp³-hybridized carbons (Fsp3) is 0.769. The van der Waals surface area contributed by atoms with Crippen molar-refractivity contribution < 1.29 is 0 Å². The molecule has 88 valence electrons. The van der Waals surface area contributed by atoms with Crippen molar-refractivity contribution in [3.8, 4) is 0 Å². The Kier molecular flexibility index (Phi) is 2.51. The Morgan fingerprint density at radius 2 is 2.31 bits per heavy atom. The van der Waals surface area contributed by atoms with Crippen molar-refractivity contribution in [1.82, 2.24) is 15.1 Å². The van der Waals surface area contributed by atoms with Crippen molar-refractivity contribution >= 4 is 0 Å². The number of aryl methyl sites for hydroxylation is 1. The van der Waals surface area contributed by atoms with Gasteiger partial charge in [0.15, 0.2) is 0 Å². The lowest BCUT2D eigenvalue weighted by Gasteiger charge is -2.29. The van der Waals surface area contributed by atoms with Crippen LogP contribution in [0.4, 0.5) is 0 Å². The molecule has 1 N–H and O–H groups in total. The van der Waals surface area contributed by atoms with Crippen molar-refractivity contribution in [3.63, 3.8) is 0 Å². The normalized spacial score (nSPS) is 34.5. The molecule has 3 rings (SSSR count). The van der Waals surface area contributed by atoms with Crippen LogP contribution in [0.1, 0.15) is 37.4 Å². The molecular weight excluding hydrogens is 198 g/mol. The Labute approximate surface area is 97.2 Å². The van der Waals surface area contributed by atoms with Crippen LogP contribution in [0, 0.1) is 17.8 Å². The lowest BCUT2D eigenvalue weighted by atomic mass is 9.82. The van der Waals surface area contributed by atoms with Crippen LogP contribution < -0.4 is 5.32 Å². The molecule has 2 aliphatic carbocycles. The van der Waals surface area contributed by atoms with Crippen LogP contribution in [0.2, 0.25) is 0 Å². The van der Waals surface area contributed by atoms with Crippen LogP contribution in [-0.4, -0.2) is 16.8 Å². The molecule has 2 aliphatic rings. The van der Waals surface area contributed by atoms with Gasteiger partial charge < -0.3 is 5.32 Å². The molecule has 2 saturated carbocycles. The molecule has 4 atom stereocenters. The molecule has 0 spiro atoms. The predicted molar refractivity (Wildman–Crippen MR) is 63.9 cm³/mol. The summed E-state index contributed by atoms with van der Waals surface area (Å²) >= 11 is 0. The van der Waals surface area contributed by atoms with E-state index in [1.165, 1.54) is 31.4 Å². The molecule has 4 unspecified atom stereocenters. The summed E-state index contributed by atoms with van der Waals surface area (Å²) in [5, 5.41) is 8.05. The standard InChI is InChI=1S/C13H21N3/c1-14-13(12-5-6-16(2)15-12)11-8-9-3-4-10(11)7-9/h5-6,9-11,13-14H,3-4,7-8H2,1-2H3. The molecule has 0 amide bonds. The quantitative estimate of drug-likeness (QED) is 0.844. The summed E-state index contributed by atoms with van der Waals surface area (Å²) < 4.78 is 1.91. The second-order valence-corrected chi connectivity index (χ2v) is 5.52. The highest BCUT2D eigenvalue weighted by molar-refractivity contribution is 5.10. The Hall–Kier alpha value is -0.830. The van der Waals surface area contributed by atoms with Crippen LogP contribution in [0.3, 0.4) is 0 Å². The van der Waals surface area contributed by atoms with E-state index in [2.05, 4.69) is 23.5 Å². The van der Waals surface area contributed by atoms with Gasteiger partial charge in [-0.3, -0.25) is 4.68 Å². The number of hydrogen-bond donors (Lipinski definition) is 1. The monoisotopic (exact) mass is 219 g/mol. The van der Waals surface area contributed by atoms with Gasteiger partial charge in [0.25, 0.3) is 0 Å². The lowest BCUT2D eigenvalue weighted by molar-refractivity contribution is 0.255. The van der Waals surface area contributed by atoms with Gasteiger partial charge in [-0.05, 0) is 50.1 Å². The molecule has 3 nitrogen and oxygen atoms in total. The highest BCUT2D eigenvalue weighted by atomic mass is 15.3. The maximum Gasteiger partial charge on any atom is 0.0796 e.